The average molecular weight is 358 g/mol. The van der Waals surface area contributed by atoms with E-state index in [1.807, 2.05) is 31.2 Å². The first-order valence-electron chi connectivity index (χ1n) is 7.68. The Bertz CT molecular complexity index is 932. The van der Waals surface area contributed by atoms with Gasteiger partial charge in [0.25, 0.3) is 0 Å². The molecule has 0 unspecified atom stereocenters. The number of hydrogen-bond donors (Lipinski definition) is 1. The van der Waals surface area contributed by atoms with E-state index < -0.39 is 5.97 Å². The van der Waals surface area contributed by atoms with Crippen LogP contribution in [-0.4, -0.2) is 30.0 Å². The number of benzene rings is 2. The van der Waals surface area contributed by atoms with Gasteiger partial charge in [-0.2, -0.15) is 0 Å². The fraction of sp³-hybridized carbons (Fsp3) is 0.158. The number of para-hydroxylation sites is 1. The SMILES string of the molecule is Cc1cc(Cl)ccc1OCC(=O)OCC(=O)c1c[nH]c2ccccc12. The Morgan fingerprint density at radius 3 is 2.72 bits per heavy atom. The zero-order valence-electron chi connectivity index (χ0n) is 13.5. The molecule has 0 radical (unpaired) electrons. The highest BCUT2D eigenvalue weighted by Gasteiger charge is 2.14. The molecule has 3 rings (SSSR count). The van der Waals surface area contributed by atoms with Gasteiger partial charge >= 0.3 is 5.97 Å². The number of carbonyl (C=O) groups is 2. The summed E-state index contributed by atoms with van der Waals surface area (Å²) in [5.41, 5.74) is 2.17. The lowest BCUT2D eigenvalue weighted by molar-refractivity contribution is -0.144. The van der Waals surface area contributed by atoms with Crippen molar-refractivity contribution in [1.29, 1.82) is 0 Å². The molecular weight excluding hydrogens is 342 g/mol. The topological polar surface area (TPSA) is 68.4 Å². The van der Waals surface area contributed by atoms with Crippen LogP contribution in [0.3, 0.4) is 0 Å². The van der Waals surface area contributed by atoms with Crippen molar-refractivity contribution in [3.63, 3.8) is 0 Å². The first kappa shape index (κ1) is 17.0. The van der Waals surface area contributed by atoms with Crippen molar-refractivity contribution < 1.29 is 19.1 Å². The van der Waals surface area contributed by atoms with Crippen LogP contribution >= 0.6 is 11.6 Å². The second-order valence-electron chi connectivity index (χ2n) is 5.53. The van der Waals surface area contributed by atoms with Crippen LogP contribution in [0.15, 0.2) is 48.7 Å². The summed E-state index contributed by atoms with van der Waals surface area (Å²) >= 11 is 5.87. The fourth-order valence-electron chi connectivity index (χ4n) is 2.48. The maximum absolute atomic E-state index is 12.2. The average Bonchev–Trinajstić information content (AvgIpc) is 3.03. The number of aromatic nitrogens is 1. The normalized spacial score (nSPS) is 10.6. The number of fused-ring (bicyclic) bond motifs is 1. The summed E-state index contributed by atoms with van der Waals surface area (Å²) in [5.74, 6) is -0.333. The molecule has 0 aliphatic carbocycles. The zero-order chi connectivity index (χ0) is 17.8. The minimum absolute atomic E-state index is 0.270. The Morgan fingerprint density at radius 1 is 1.12 bits per heavy atom. The Balaban J connectivity index is 1.54. The number of rotatable bonds is 6. The van der Waals surface area contributed by atoms with Gasteiger partial charge in [0.2, 0.25) is 5.78 Å². The van der Waals surface area contributed by atoms with Crippen molar-refractivity contribution >= 4 is 34.3 Å². The van der Waals surface area contributed by atoms with E-state index >= 15 is 0 Å². The fourth-order valence-corrected chi connectivity index (χ4v) is 2.71. The summed E-state index contributed by atoms with van der Waals surface area (Å²) in [6.07, 6.45) is 1.62. The van der Waals surface area contributed by atoms with E-state index in [4.69, 9.17) is 21.1 Å². The summed E-state index contributed by atoms with van der Waals surface area (Å²) in [6, 6.07) is 12.5. The molecule has 128 valence electrons. The quantitative estimate of drug-likeness (QED) is 0.536. The highest BCUT2D eigenvalue weighted by molar-refractivity contribution is 6.30. The maximum atomic E-state index is 12.2. The third-order valence-corrected chi connectivity index (χ3v) is 3.97. The number of Topliss-reactive ketones (excluding diaryl/α,β-unsaturated/α-hetero) is 1. The summed E-state index contributed by atoms with van der Waals surface area (Å²) in [6.45, 7) is 1.22. The van der Waals surface area contributed by atoms with Crippen LogP contribution in [0.2, 0.25) is 5.02 Å². The smallest absolute Gasteiger partial charge is 0.344 e. The lowest BCUT2D eigenvalue weighted by Crippen LogP contribution is -2.19. The number of aryl methyl sites for hydroxylation is 1. The summed E-state index contributed by atoms with van der Waals surface area (Å²) in [5, 5.41) is 1.40. The van der Waals surface area contributed by atoms with Crippen molar-refractivity contribution in [3.05, 3.63) is 64.8 Å². The Morgan fingerprint density at radius 2 is 1.92 bits per heavy atom. The molecule has 0 saturated carbocycles. The summed E-state index contributed by atoms with van der Waals surface area (Å²) in [4.78, 5) is 27.1. The van der Waals surface area contributed by atoms with Crippen molar-refractivity contribution in [2.75, 3.05) is 13.2 Å². The van der Waals surface area contributed by atoms with Crippen molar-refractivity contribution in [3.8, 4) is 5.75 Å². The molecule has 6 heteroatoms. The van der Waals surface area contributed by atoms with E-state index in [9.17, 15) is 9.59 Å². The molecule has 3 aromatic rings. The Hall–Kier alpha value is -2.79. The second kappa shape index (κ2) is 7.40. The number of ketones is 1. The van der Waals surface area contributed by atoms with Crippen molar-refractivity contribution in [1.82, 2.24) is 4.98 Å². The lowest BCUT2D eigenvalue weighted by Gasteiger charge is -2.09. The van der Waals surface area contributed by atoms with E-state index in [0.717, 1.165) is 16.5 Å². The van der Waals surface area contributed by atoms with Crippen LogP contribution in [-0.2, 0) is 9.53 Å². The zero-order valence-corrected chi connectivity index (χ0v) is 14.3. The molecule has 1 N–H and O–H groups in total. The lowest BCUT2D eigenvalue weighted by atomic mass is 10.1. The number of ether oxygens (including phenoxy) is 2. The molecule has 25 heavy (non-hydrogen) atoms. The van der Waals surface area contributed by atoms with Crippen LogP contribution in [0.5, 0.6) is 5.75 Å². The highest BCUT2D eigenvalue weighted by Crippen LogP contribution is 2.22. The van der Waals surface area contributed by atoms with Gasteiger partial charge in [-0.15, -0.1) is 0 Å². The molecule has 0 saturated heterocycles. The number of halogens is 1. The monoisotopic (exact) mass is 357 g/mol. The molecular formula is C19H16ClNO4. The van der Waals surface area contributed by atoms with Crippen molar-refractivity contribution in [2.24, 2.45) is 0 Å². The minimum atomic E-state index is -0.609. The van der Waals surface area contributed by atoms with Gasteiger partial charge in [-0.25, -0.2) is 4.79 Å². The van der Waals surface area contributed by atoms with Crippen LogP contribution in [0, 0.1) is 6.92 Å². The van der Waals surface area contributed by atoms with Crippen LogP contribution in [0.4, 0.5) is 0 Å². The number of aromatic amines is 1. The van der Waals surface area contributed by atoms with Gasteiger partial charge in [0.05, 0.1) is 0 Å². The summed E-state index contributed by atoms with van der Waals surface area (Å²) < 4.78 is 10.4. The third kappa shape index (κ3) is 4.00. The van der Waals surface area contributed by atoms with Gasteiger partial charge in [-0.05, 0) is 36.8 Å². The first-order chi connectivity index (χ1) is 12.0. The van der Waals surface area contributed by atoms with Gasteiger partial charge in [0.1, 0.15) is 5.75 Å². The van der Waals surface area contributed by atoms with Crippen LogP contribution in [0.25, 0.3) is 10.9 Å². The van der Waals surface area contributed by atoms with E-state index in [2.05, 4.69) is 4.98 Å². The van der Waals surface area contributed by atoms with E-state index in [1.54, 1.807) is 24.4 Å². The van der Waals surface area contributed by atoms with Gasteiger partial charge < -0.3 is 14.5 Å². The first-order valence-corrected chi connectivity index (χ1v) is 8.06. The molecule has 0 spiro atoms. The number of hydrogen-bond acceptors (Lipinski definition) is 4. The van der Waals surface area contributed by atoms with Crippen LogP contribution < -0.4 is 4.74 Å². The molecule has 2 aromatic carbocycles. The molecule has 5 nitrogen and oxygen atoms in total. The van der Waals surface area contributed by atoms with E-state index in [-0.39, 0.29) is 19.0 Å². The Labute approximate surface area is 149 Å². The molecule has 1 heterocycles. The molecule has 0 atom stereocenters. The van der Waals surface area contributed by atoms with Gasteiger partial charge in [0.15, 0.2) is 13.2 Å². The molecule has 0 aliphatic rings. The molecule has 0 amide bonds. The molecule has 0 bridgehead atoms. The van der Waals surface area contributed by atoms with E-state index in [0.29, 0.717) is 16.3 Å². The van der Waals surface area contributed by atoms with Gasteiger partial charge in [-0.1, -0.05) is 29.8 Å². The third-order valence-electron chi connectivity index (χ3n) is 3.74. The predicted molar refractivity (Wildman–Crippen MR) is 95.3 cm³/mol. The number of carbonyl (C=O) groups excluding carboxylic acids is 2. The largest absolute Gasteiger partial charge is 0.482 e. The van der Waals surface area contributed by atoms with Gasteiger partial charge in [-0.3, -0.25) is 4.79 Å². The predicted octanol–water partition coefficient (Wildman–Crippen LogP) is 3.93. The van der Waals surface area contributed by atoms with Crippen LogP contribution in [0.1, 0.15) is 15.9 Å². The maximum Gasteiger partial charge on any atom is 0.344 e. The van der Waals surface area contributed by atoms with Gasteiger partial charge in [0, 0.05) is 27.7 Å². The molecule has 0 aliphatic heterocycles. The Kier molecular flexibility index (Phi) is 5.05. The minimum Gasteiger partial charge on any atom is -0.482 e. The standard InChI is InChI=1S/C19H16ClNO4/c1-12-8-13(20)6-7-18(12)24-11-19(23)25-10-17(22)15-9-21-16-5-3-2-4-14(15)16/h2-9,21H,10-11H2,1H3. The molecule has 0 fully saturated rings. The number of esters is 1. The highest BCUT2D eigenvalue weighted by atomic mass is 35.5. The van der Waals surface area contributed by atoms with E-state index in [1.165, 1.54) is 0 Å². The second-order valence-corrected chi connectivity index (χ2v) is 5.97. The number of nitrogens with one attached hydrogen (secondary N) is 1. The molecule has 1 aromatic heterocycles. The number of H-pyrrole nitrogens is 1. The summed E-state index contributed by atoms with van der Waals surface area (Å²) in [7, 11) is 0. The van der Waals surface area contributed by atoms with Crippen molar-refractivity contribution in [2.45, 2.75) is 6.92 Å².